The van der Waals surface area contributed by atoms with E-state index in [1.165, 1.54) is 12.8 Å². The van der Waals surface area contributed by atoms with E-state index in [0.717, 1.165) is 18.8 Å². The minimum absolute atomic E-state index is 0.105. The van der Waals surface area contributed by atoms with Gasteiger partial charge in [0.2, 0.25) is 0 Å². The predicted molar refractivity (Wildman–Crippen MR) is 53.1 cm³/mol. The van der Waals surface area contributed by atoms with Gasteiger partial charge in [-0.25, -0.2) is 4.79 Å². The van der Waals surface area contributed by atoms with Crippen LogP contribution in [0.2, 0.25) is 0 Å². The van der Waals surface area contributed by atoms with Gasteiger partial charge in [0.15, 0.2) is 0 Å². The first kappa shape index (κ1) is 8.78. The lowest BCUT2D eigenvalue weighted by Crippen LogP contribution is -2.45. The molecule has 0 saturated heterocycles. The Kier molecular flexibility index (Phi) is 1.88. The molecule has 2 nitrogen and oxygen atoms in total. The van der Waals surface area contributed by atoms with Crippen molar-refractivity contribution in [2.75, 3.05) is 0 Å². The van der Waals surface area contributed by atoms with Crippen LogP contribution in [-0.4, -0.2) is 11.5 Å². The maximum Gasteiger partial charge on any atom is 0.404 e. The number of rotatable bonds is 1. The second-order valence-electron chi connectivity index (χ2n) is 4.80. The van der Waals surface area contributed by atoms with Gasteiger partial charge in [-0.05, 0) is 31.6 Å². The highest BCUT2D eigenvalue weighted by Crippen LogP contribution is 2.51. The molecule has 4 aliphatic rings. The third-order valence-corrected chi connectivity index (χ3v) is 3.98. The fraction of sp³-hybridized carbons (Fsp3) is 0.727. The van der Waals surface area contributed by atoms with E-state index < -0.39 is 5.43 Å². The molecule has 4 bridgehead atoms. The van der Waals surface area contributed by atoms with E-state index >= 15 is 0 Å². The first-order valence-electron chi connectivity index (χ1n) is 5.28. The van der Waals surface area contributed by atoms with E-state index in [9.17, 15) is 4.79 Å². The lowest BCUT2D eigenvalue weighted by Gasteiger charge is -2.48. The van der Waals surface area contributed by atoms with Crippen LogP contribution < -0.4 is 0 Å². The van der Waals surface area contributed by atoms with Gasteiger partial charge in [0.1, 0.15) is 6.10 Å². The van der Waals surface area contributed by atoms with Crippen LogP contribution in [0.4, 0.5) is 4.79 Å². The van der Waals surface area contributed by atoms with Crippen molar-refractivity contribution in [3.8, 4) is 0 Å². The number of allylic oxidation sites excluding steroid dienone is 2. The first-order chi connectivity index (χ1) is 6.72. The number of carbonyl (C=O) groups excluding carboxylic acids is 1. The molecule has 0 aliphatic heterocycles. The third-order valence-electron chi connectivity index (χ3n) is 3.89. The number of halogens is 1. The maximum absolute atomic E-state index is 10.8. The van der Waals surface area contributed by atoms with Gasteiger partial charge in [-0.15, -0.1) is 0 Å². The molecule has 3 heteroatoms. The number of carbonyl (C=O) groups is 1. The Morgan fingerprint density at radius 1 is 1.36 bits per heavy atom. The molecule has 76 valence electrons. The van der Waals surface area contributed by atoms with Crippen molar-refractivity contribution in [2.45, 2.75) is 31.8 Å². The molecule has 4 rings (SSSR count). The van der Waals surface area contributed by atoms with Crippen molar-refractivity contribution in [1.82, 2.24) is 0 Å². The first-order valence-corrected chi connectivity index (χ1v) is 5.66. The molecule has 2 saturated carbocycles. The topological polar surface area (TPSA) is 26.3 Å². The summed E-state index contributed by atoms with van der Waals surface area (Å²) >= 11 is 5.29. The summed E-state index contributed by atoms with van der Waals surface area (Å²) in [4.78, 5) is 10.8. The number of hydrogen-bond acceptors (Lipinski definition) is 2. The van der Waals surface area contributed by atoms with Gasteiger partial charge in [-0.1, -0.05) is 11.6 Å². The Morgan fingerprint density at radius 3 is 2.50 bits per heavy atom. The number of hydrogen-bond donors (Lipinski definition) is 0. The number of ether oxygens (including phenoxy) is 1. The molecule has 0 spiro atoms. The van der Waals surface area contributed by atoms with Crippen LogP contribution in [0, 0.1) is 17.8 Å². The fourth-order valence-electron chi connectivity index (χ4n) is 3.59. The van der Waals surface area contributed by atoms with Gasteiger partial charge in [0.05, 0.1) is 0 Å². The van der Waals surface area contributed by atoms with E-state index in [-0.39, 0.29) is 6.10 Å². The smallest absolute Gasteiger partial charge is 0.404 e. The normalized spacial score (nSPS) is 43.6. The zero-order valence-corrected chi connectivity index (χ0v) is 8.67. The standard InChI is InChI=1S/C11H13ClO2/c12-11(13)14-10-8-2-6-1-7(4-8)5-9(10)3-6/h1,6,8-10H,2-5H2. The van der Waals surface area contributed by atoms with Gasteiger partial charge < -0.3 is 4.74 Å². The molecule has 2 unspecified atom stereocenters. The molecular weight excluding hydrogens is 200 g/mol. The molecule has 4 aliphatic carbocycles. The summed E-state index contributed by atoms with van der Waals surface area (Å²) in [6, 6.07) is 0. The Balaban J connectivity index is 1.83. The van der Waals surface area contributed by atoms with Crippen molar-refractivity contribution in [3.63, 3.8) is 0 Å². The lowest BCUT2D eigenvalue weighted by atomic mass is 9.60. The van der Waals surface area contributed by atoms with Gasteiger partial charge in [0.25, 0.3) is 0 Å². The lowest BCUT2D eigenvalue weighted by molar-refractivity contribution is -0.0238. The highest BCUT2D eigenvalue weighted by atomic mass is 35.5. The fourth-order valence-corrected chi connectivity index (χ4v) is 3.69. The zero-order chi connectivity index (χ0) is 9.71. The Bertz CT molecular complexity index is 292. The molecule has 2 atom stereocenters. The molecule has 0 aromatic heterocycles. The molecule has 14 heavy (non-hydrogen) atoms. The van der Waals surface area contributed by atoms with Gasteiger partial charge in [0, 0.05) is 23.4 Å². The van der Waals surface area contributed by atoms with Gasteiger partial charge in [-0.3, -0.25) is 0 Å². The van der Waals surface area contributed by atoms with Crippen molar-refractivity contribution in [1.29, 1.82) is 0 Å². The predicted octanol–water partition coefficient (Wildman–Crippen LogP) is 3.11. The van der Waals surface area contributed by atoms with Gasteiger partial charge >= 0.3 is 5.43 Å². The molecule has 0 aromatic rings. The summed E-state index contributed by atoms with van der Waals surface area (Å²) < 4.78 is 5.23. The summed E-state index contributed by atoms with van der Waals surface area (Å²) in [6.45, 7) is 0. The van der Waals surface area contributed by atoms with Crippen LogP contribution in [0.15, 0.2) is 11.6 Å². The van der Waals surface area contributed by atoms with Gasteiger partial charge in [-0.2, -0.15) is 0 Å². The van der Waals surface area contributed by atoms with Crippen molar-refractivity contribution >= 4 is 17.0 Å². The second-order valence-corrected chi connectivity index (χ2v) is 5.11. The van der Waals surface area contributed by atoms with Crippen LogP contribution in [0.3, 0.4) is 0 Å². The summed E-state index contributed by atoms with van der Waals surface area (Å²) in [5.74, 6) is 1.86. The maximum atomic E-state index is 10.8. The minimum atomic E-state index is -0.628. The molecule has 0 radical (unpaired) electrons. The van der Waals surface area contributed by atoms with Crippen LogP contribution in [-0.2, 0) is 4.74 Å². The van der Waals surface area contributed by atoms with E-state index in [0.29, 0.717) is 11.8 Å². The average Bonchev–Trinajstić information content (AvgIpc) is 2.09. The van der Waals surface area contributed by atoms with Crippen molar-refractivity contribution in [2.24, 2.45) is 17.8 Å². The molecule has 0 amide bonds. The average molecular weight is 213 g/mol. The molecule has 0 N–H and O–H groups in total. The molecule has 0 heterocycles. The van der Waals surface area contributed by atoms with E-state index in [1.54, 1.807) is 5.57 Å². The quantitative estimate of drug-likeness (QED) is 0.493. The van der Waals surface area contributed by atoms with Crippen LogP contribution in [0.25, 0.3) is 0 Å². The highest BCUT2D eigenvalue weighted by molar-refractivity contribution is 6.61. The summed E-state index contributed by atoms with van der Waals surface area (Å²) in [5, 5.41) is 0. The van der Waals surface area contributed by atoms with E-state index in [4.69, 9.17) is 16.3 Å². The molecule has 2 fully saturated rings. The summed E-state index contributed by atoms with van der Waals surface area (Å²) in [7, 11) is 0. The van der Waals surface area contributed by atoms with Crippen LogP contribution in [0.1, 0.15) is 25.7 Å². The van der Waals surface area contributed by atoms with Crippen LogP contribution in [0.5, 0.6) is 0 Å². The SMILES string of the molecule is O=C(Cl)OC1C2CC3=CC(C2)CC1C3. The van der Waals surface area contributed by atoms with Crippen molar-refractivity contribution in [3.05, 3.63) is 11.6 Å². The monoisotopic (exact) mass is 212 g/mol. The van der Waals surface area contributed by atoms with Crippen LogP contribution >= 0.6 is 11.6 Å². The zero-order valence-electron chi connectivity index (χ0n) is 7.91. The summed E-state index contributed by atoms with van der Waals surface area (Å²) in [6.07, 6.45) is 7.17. The minimum Gasteiger partial charge on any atom is -0.450 e. The largest absolute Gasteiger partial charge is 0.450 e. The molecule has 0 aromatic carbocycles. The Labute approximate surface area is 88.3 Å². The van der Waals surface area contributed by atoms with Crippen molar-refractivity contribution < 1.29 is 9.53 Å². The second kappa shape index (κ2) is 2.99. The molecular formula is C11H13ClO2. The third kappa shape index (κ3) is 1.28. The Hall–Kier alpha value is -0.500. The van der Waals surface area contributed by atoms with E-state index in [1.807, 2.05) is 0 Å². The Morgan fingerprint density at radius 2 is 2.00 bits per heavy atom. The summed E-state index contributed by atoms with van der Waals surface area (Å²) in [5.41, 5.74) is 0.959. The highest BCUT2D eigenvalue weighted by Gasteiger charge is 2.46. The van der Waals surface area contributed by atoms with E-state index in [2.05, 4.69) is 6.08 Å².